The molecule has 0 saturated carbocycles. The second kappa shape index (κ2) is 6.69. The molecule has 3 nitrogen and oxygen atoms in total. The summed E-state index contributed by atoms with van der Waals surface area (Å²) in [5.74, 6) is 0.801. The Labute approximate surface area is 135 Å². The first kappa shape index (κ1) is 15.3. The highest BCUT2D eigenvalue weighted by Gasteiger charge is 2.12. The molecular formula is C20H20O3. The third-order valence-electron chi connectivity index (χ3n) is 3.85. The van der Waals surface area contributed by atoms with Crippen molar-refractivity contribution in [2.24, 2.45) is 0 Å². The Bertz CT molecular complexity index is 863. The van der Waals surface area contributed by atoms with Crippen LogP contribution >= 0.6 is 0 Å². The maximum absolute atomic E-state index is 11.9. The van der Waals surface area contributed by atoms with Crippen molar-refractivity contribution < 1.29 is 9.15 Å². The minimum atomic E-state index is -0.345. The standard InChI is InChI=1S/C20H20O3/c1-3-10-22-18-13-19-17(11-14(18)4-2)16(12-20(21)23-19)15-8-6-5-7-9-15/h5-9,11-13H,3-4,10H2,1-2H3. The van der Waals surface area contributed by atoms with Crippen molar-refractivity contribution in [2.75, 3.05) is 6.61 Å². The lowest BCUT2D eigenvalue weighted by Gasteiger charge is -2.13. The van der Waals surface area contributed by atoms with Crippen molar-refractivity contribution in [1.82, 2.24) is 0 Å². The first-order valence-corrected chi connectivity index (χ1v) is 8.02. The first-order chi connectivity index (χ1) is 11.2. The van der Waals surface area contributed by atoms with Gasteiger partial charge in [-0.05, 0) is 35.6 Å². The van der Waals surface area contributed by atoms with E-state index in [1.54, 1.807) is 6.07 Å². The van der Waals surface area contributed by atoms with Crippen LogP contribution in [-0.4, -0.2) is 6.61 Å². The normalized spacial score (nSPS) is 10.9. The number of benzene rings is 2. The molecule has 3 heteroatoms. The number of hydrogen-bond acceptors (Lipinski definition) is 3. The summed E-state index contributed by atoms with van der Waals surface area (Å²) in [6, 6.07) is 15.4. The lowest BCUT2D eigenvalue weighted by atomic mass is 9.99. The third-order valence-corrected chi connectivity index (χ3v) is 3.85. The SMILES string of the molecule is CCCOc1cc2oc(=O)cc(-c3ccccc3)c2cc1CC. The van der Waals surface area contributed by atoms with E-state index in [4.69, 9.17) is 9.15 Å². The Balaban J connectivity index is 2.24. The van der Waals surface area contributed by atoms with Gasteiger partial charge >= 0.3 is 5.63 Å². The minimum Gasteiger partial charge on any atom is -0.493 e. The number of aryl methyl sites for hydroxylation is 1. The maximum atomic E-state index is 11.9. The molecule has 0 saturated heterocycles. The second-order valence-electron chi connectivity index (χ2n) is 5.50. The number of rotatable bonds is 5. The van der Waals surface area contributed by atoms with E-state index in [-0.39, 0.29) is 5.63 Å². The highest BCUT2D eigenvalue weighted by atomic mass is 16.5. The monoisotopic (exact) mass is 308 g/mol. The Morgan fingerprint density at radius 1 is 1.04 bits per heavy atom. The highest BCUT2D eigenvalue weighted by Crippen LogP contribution is 2.32. The fourth-order valence-electron chi connectivity index (χ4n) is 2.71. The molecule has 0 bridgehead atoms. The summed E-state index contributed by atoms with van der Waals surface area (Å²) in [6.45, 7) is 4.82. The molecule has 0 aliphatic carbocycles. The summed E-state index contributed by atoms with van der Waals surface area (Å²) >= 11 is 0. The van der Waals surface area contributed by atoms with E-state index in [9.17, 15) is 4.79 Å². The van der Waals surface area contributed by atoms with Gasteiger partial charge in [-0.1, -0.05) is 44.2 Å². The molecule has 3 aromatic rings. The van der Waals surface area contributed by atoms with Gasteiger partial charge in [0.25, 0.3) is 0 Å². The van der Waals surface area contributed by atoms with Crippen LogP contribution < -0.4 is 10.4 Å². The van der Waals surface area contributed by atoms with Gasteiger partial charge in [0.15, 0.2) is 0 Å². The number of ether oxygens (including phenoxy) is 1. The highest BCUT2D eigenvalue weighted by molar-refractivity contribution is 5.94. The molecule has 0 aliphatic rings. The van der Waals surface area contributed by atoms with Crippen molar-refractivity contribution in [1.29, 1.82) is 0 Å². The van der Waals surface area contributed by atoms with E-state index >= 15 is 0 Å². The Morgan fingerprint density at radius 3 is 2.52 bits per heavy atom. The minimum absolute atomic E-state index is 0.345. The Morgan fingerprint density at radius 2 is 1.83 bits per heavy atom. The molecular weight excluding hydrogens is 288 g/mol. The van der Waals surface area contributed by atoms with Crippen molar-refractivity contribution in [3.8, 4) is 16.9 Å². The van der Waals surface area contributed by atoms with E-state index in [0.29, 0.717) is 12.2 Å². The predicted molar refractivity (Wildman–Crippen MR) is 93.1 cm³/mol. The van der Waals surface area contributed by atoms with Crippen LogP contribution in [0.2, 0.25) is 0 Å². The fraction of sp³-hybridized carbons (Fsp3) is 0.250. The van der Waals surface area contributed by atoms with E-state index in [1.807, 2.05) is 36.4 Å². The summed E-state index contributed by atoms with van der Waals surface area (Å²) in [6.07, 6.45) is 1.80. The average molecular weight is 308 g/mol. The Hall–Kier alpha value is -2.55. The smallest absolute Gasteiger partial charge is 0.336 e. The lowest BCUT2D eigenvalue weighted by Crippen LogP contribution is -2.02. The molecule has 2 aromatic carbocycles. The van der Waals surface area contributed by atoms with Gasteiger partial charge in [0.1, 0.15) is 11.3 Å². The molecule has 0 unspecified atom stereocenters. The molecule has 23 heavy (non-hydrogen) atoms. The van der Waals surface area contributed by atoms with Crippen molar-refractivity contribution in [2.45, 2.75) is 26.7 Å². The second-order valence-corrected chi connectivity index (χ2v) is 5.50. The largest absolute Gasteiger partial charge is 0.493 e. The van der Waals surface area contributed by atoms with E-state index in [2.05, 4.69) is 19.9 Å². The van der Waals surface area contributed by atoms with Gasteiger partial charge in [0.05, 0.1) is 6.61 Å². The molecule has 1 heterocycles. The van der Waals surface area contributed by atoms with Gasteiger partial charge in [-0.15, -0.1) is 0 Å². The number of fused-ring (bicyclic) bond motifs is 1. The average Bonchev–Trinajstić information content (AvgIpc) is 2.59. The van der Waals surface area contributed by atoms with Crippen molar-refractivity contribution >= 4 is 11.0 Å². The molecule has 0 spiro atoms. The predicted octanol–water partition coefficient (Wildman–Crippen LogP) is 4.81. The summed E-state index contributed by atoms with van der Waals surface area (Å²) in [7, 11) is 0. The zero-order valence-electron chi connectivity index (χ0n) is 13.5. The lowest BCUT2D eigenvalue weighted by molar-refractivity contribution is 0.314. The van der Waals surface area contributed by atoms with Crippen LogP contribution in [0.15, 0.2) is 57.7 Å². The summed E-state index contributed by atoms with van der Waals surface area (Å²) in [5, 5.41) is 0.941. The first-order valence-electron chi connectivity index (χ1n) is 8.02. The van der Waals surface area contributed by atoms with Crippen LogP contribution in [0.4, 0.5) is 0 Å². The quantitative estimate of drug-likeness (QED) is 0.635. The van der Waals surface area contributed by atoms with Gasteiger partial charge < -0.3 is 9.15 Å². The zero-order chi connectivity index (χ0) is 16.2. The molecule has 0 aliphatic heterocycles. The van der Waals surface area contributed by atoms with Crippen LogP contribution in [0.5, 0.6) is 5.75 Å². The van der Waals surface area contributed by atoms with Crippen molar-refractivity contribution in [3.05, 3.63) is 64.5 Å². The zero-order valence-corrected chi connectivity index (χ0v) is 13.5. The van der Waals surface area contributed by atoms with Gasteiger partial charge in [-0.25, -0.2) is 4.79 Å². The van der Waals surface area contributed by atoms with Crippen LogP contribution in [0.25, 0.3) is 22.1 Å². The van der Waals surface area contributed by atoms with Gasteiger partial charge in [-0.2, -0.15) is 0 Å². The van der Waals surface area contributed by atoms with E-state index in [1.165, 1.54) is 0 Å². The third kappa shape index (κ3) is 3.14. The Kier molecular flexibility index (Phi) is 4.47. The number of hydrogen-bond donors (Lipinski definition) is 0. The van der Waals surface area contributed by atoms with Crippen LogP contribution in [-0.2, 0) is 6.42 Å². The molecule has 0 amide bonds. The molecule has 0 N–H and O–H groups in total. The van der Waals surface area contributed by atoms with Gasteiger partial charge in [-0.3, -0.25) is 0 Å². The van der Waals surface area contributed by atoms with Crippen LogP contribution in [0.1, 0.15) is 25.8 Å². The molecule has 1 aromatic heterocycles. The summed E-state index contributed by atoms with van der Waals surface area (Å²) < 4.78 is 11.2. The summed E-state index contributed by atoms with van der Waals surface area (Å²) in [4.78, 5) is 11.9. The molecule has 0 radical (unpaired) electrons. The fourth-order valence-corrected chi connectivity index (χ4v) is 2.71. The van der Waals surface area contributed by atoms with Gasteiger partial charge in [0, 0.05) is 17.5 Å². The topological polar surface area (TPSA) is 39.4 Å². The van der Waals surface area contributed by atoms with Crippen LogP contribution in [0.3, 0.4) is 0 Å². The van der Waals surface area contributed by atoms with Crippen molar-refractivity contribution in [3.63, 3.8) is 0 Å². The summed E-state index contributed by atoms with van der Waals surface area (Å²) in [5.41, 5.74) is 3.25. The molecule has 3 rings (SSSR count). The van der Waals surface area contributed by atoms with E-state index in [0.717, 1.165) is 40.7 Å². The molecule has 0 fully saturated rings. The van der Waals surface area contributed by atoms with E-state index < -0.39 is 0 Å². The van der Waals surface area contributed by atoms with Gasteiger partial charge in [0.2, 0.25) is 0 Å². The molecule has 0 atom stereocenters. The van der Waals surface area contributed by atoms with Crippen LogP contribution in [0, 0.1) is 0 Å². The maximum Gasteiger partial charge on any atom is 0.336 e. The molecule has 118 valence electrons.